The van der Waals surface area contributed by atoms with Crippen LogP contribution >= 0.6 is 11.6 Å². The van der Waals surface area contributed by atoms with Crippen LogP contribution in [0.15, 0.2) is 48.8 Å². The van der Waals surface area contributed by atoms with Crippen molar-refractivity contribution in [3.8, 4) is 5.75 Å². The monoisotopic (exact) mass is 344 g/mol. The molecule has 0 saturated heterocycles. The molecule has 3 aromatic rings. The van der Waals surface area contributed by atoms with Gasteiger partial charge < -0.3 is 14.4 Å². The molecular formula is C18H17ClN2O3. The molecule has 3 rings (SSSR count). The summed E-state index contributed by atoms with van der Waals surface area (Å²) in [4.78, 5) is 15.0. The third-order valence-electron chi connectivity index (χ3n) is 3.80. The number of carbonyl (C=O) groups is 1. The molecule has 5 nitrogen and oxygen atoms in total. The van der Waals surface area contributed by atoms with Crippen molar-refractivity contribution in [1.29, 1.82) is 0 Å². The maximum atomic E-state index is 10.7. The quantitative estimate of drug-likeness (QED) is 0.724. The highest BCUT2D eigenvalue weighted by atomic mass is 35.5. The van der Waals surface area contributed by atoms with Gasteiger partial charge in [0.25, 0.3) is 0 Å². The Morgan fingerprint density at radius 2 is 2.21 bits per heavy atom. The molecule has 1 atom stereocenters. The van der Waals surface area contributed by atoms with Crippen molar-refractivity contribution in [2.45, 2.75) is 26.0 Å². The maximum absolute atomic E-state index is 10.7. The van der Waals surface area contributed by atoms with Crippen LogP contribution in [0.1, 0.15) is 25.1 Å². The van der Waals surface area contributed by atoms with Crippen molar-refractivity contribution in [3.63, 3.8) is 0 Å². The zero-order valence-corrected chi connectivity index (χ0v) is 13.9. The van der Waals surface area contributed by atoms with Crippen molar-refractivity contribution >= 4 is 28.5 Å². The maximum Gasteiger partial charge on any atom is 0.305 e. The fourth-order valence-electron chi connectivity index (χ4n) is 2.56. The molecule has 0 unspecified atom stereocenters. The molecule has 0 saturated carbocycles. The topological polar surface area (TPSA) is 64.3 Å². The van der Waals surface area contributed by atoms with E-state index in [-0.39, 0.29) is 12.5 Å². The smallest absolute Gasteiger partial charge is 0.305 e. The van der Waals surface area contributed by atoms with E-state index in [9.17, 15) is 4.79 Å². The predicted molar refractivity (Wildman–Crippen MR) is 92.5 cm³/mol. The molecule has 0 aliphatic heterocycles. The largest absolute Gasteiger partial charge is 0.483 e. The van der Waals surface area contributed by atoms with Gasteiger partial charge in [0.1, 0.15) is 11.9 Å². The standard InChI is InChI=1S/C18H17ClN2O3/c1-12(15-4-2-3-7-20-15)24-17-10-13-5-8-21(9-6-18(22)23)16(13)11-14(17)19/h2-5,7-8,10-12H,6,9H2,1H3,(H,22,23)/t12-/m1/s1. The third kappa shape index (κ3) is 3.51. The first-order chi connectivity index (χ1) is 11.5. The molecule has 24 heavy (non-hydrogen) atoms. The van der Waals surface area contributed by atoms with Gasteiger partial charge in [0, 0.05) is 29.8 Å². The molecule has 0 bridgehead atoms. The van der Waals surface area contributed by atoms with Crippen molar-refractivity contribution in [2.24, 2.45) is 0 Å². The van der Waals surface area contributed by atoms with Crippen LogP contribution in [-0.4, -0.2) is 20.6 Å². The summed E-state index contributed by atoms with van der Waals surface area (Å²) in [7, 11) is 0. The Balaban J connectivity index is 1.85. The summed E-state index contributed by atoms with van der Waals surface area (Å²) < 4.78 is 7.83. The highest BCUT2D eigenvalue weighted by molar-refractivity contribution is 6.32. The average Bonchev–Trinajstić information content (AvgIpc) is 2.96. The van der Waals surface area contributed by atoms with E-state index < -0.39 is 5.97 Å². The Morgan fingerprint density at radius 3 is 2.92 bits per heavy atom. The molecule has 2 heterocycles. The molecule has 0 aliphatic carbocycles. The Kier molecular flexibility index (Phi) is 4.71. The number of halogens is 1. The van der Waals surface area contributed by atoms with E-state index in [0.717, 1.165) is 16.6 Å². The second-order valence-corrected chi connectivity index (χ2v) is 5.92. The third-order valence-corrected chi connectivity index (χ3v) is 4.09. The van der Waals surface area contributed by atoms with Crippen LogP contribution in [0.2, 0.25) is 5.02 Å². The number of ether oxygens (including phenoxy) is 1. The number of nitrogens with zero attached hydrogens (tertiary/aromatic N) is 2. The molecule has 124 valence electrons. The highest BCUT2D eigenvalue weighted by Gasteiger charge is 2.13. The van der Waals surface area contributed by atoms with Gasteiger partial charge in [-0.25, -0.2) is 0 Å². The molecule has 2 aromatic heterocycles. The fraction of sp³-hybridized carbons (Fsp3) is 0.222. The van der Waals surface area contributed by atoms with Crippen LogP contribution in [0, 0.1) is 0 Å². The Morgan fingerprint density at radius 1 is 1.38 bits per heavy atom. The first-order valence-electron chi connectivity index (χ1n) is 7.62. The molecule has 1 N–H and O–H groups in total. The van der Waals surface area contributed by atoms with Crippen LogP contribution < -0.4 is 4.74 Å². The summed E-state index contributed by atoms with van der Waals surface area (Å²) in [6.45, 7) is 2.32. The van der Waals surface area contributed by atoms with Crippen LogP contribution in [0.4, 0.5) is 0 Å². The lowest BCUT2D eigenvalue weighted by atomic mass is 10.2. The fourth-order valence-corrected chi connectivity index (χ4v) is 2.76. The van der Waals surface area contributed by atoms with Gasteiger partial charge in [-0.2, -0.15) is 0 Å². The number of aromatic nitrogens is 2. The minimum atomic E-state index is -0.827. The van der Waals surface area contributed by atoms with Gasteiger partial charge in [-0.1, -0.05) is 17.7 Å². The minimum Gasteiger partial charge on any atom is -0.483 e. The second-order valence-electron chi connectivity index (χ2n) is 5.51. The zero-order valence-electron chi connectivity index (χ0n) is 13.1. The van der Waals surface area contributed by atoms with Gasteiger partial charge in [-0.15, -0.1) is 0 Å². The number of aryl methyl sites for hydroxylation is 1. The molecule has 0 aliphatic rings. The number of fused-ring (bicyclic) bond motifs is 1. The molecular weight excluding hydrogens is 328 g/mol. The number of carboxylic acid groups (broad SMARTS) is 1. The highest BCUT2D eigenvalue weighted by Crippen LogP contribution is 2.33. The van der Waals surface area contributed by atoms with Crippen molar-refractivity contribution < 1.29 is 14.6 Å². The number of hydrogen-bond acceptors (Lipinski definition) is 3. The van der Waals surface area contributed by atoms with Crippen LogP contribution in [0.25, 0.3) is 10.9 Å². The summed E-state index contributed by atoms with van der Waals surface area (Å²) in [5.74, 6) is -0.245. The molecule has 0 radical (unpaired) electrons. The second kappa shape index (κ2) is 6.93. The van der Waals surface area contributed by atoms with Gasteiger partial charge >= 0.3 is 5.97 Å². The number of carboxylic acids is 1. The Bertz CT molecular complexity index is 861. The first kappa shape index (κ1) is 16.3. The molecule has 6 heteroatoms. The summed E-state index contributed by atoms with van der Waals surface area (Å²) in [5.41, 5.74) is 1.71. The van der Waals surface area contributed by atoms with Gasteiger partial charge in [0.2, 0.25) is 0 Å². The number of aliphatic carboxylic acids is 1. The Labute approximate surface area is 144 Å². The SMILES string of the molecule is C[C@@H](Oc1cc2ccn(CCC(=O)O)c2cc1Cl)c1ccccn1. The van der Waals surface area contributed by atoms with Crippen molar-refractivity contribution in [2.75, 3.05) is 0 Å². The van der Waals surface area contributed by atoms with Crippen molar-refractivity contribution in [1.82, 2.24) is 9.55 Å². The number of rotatable bonds is 6. The summed E-state index contributed by atoms with van der Waals surface area (Å²) in [5, 5.41) is 10.3. The number of pyridine rings is 1. The molecule has 0 fully saturated rings. The van der Waals surface area contributed by atoms with Crippen LogP contribution in [-0.2, 0) is 11.3 Å². The lowest BCUT2D eigenvalue weighted by Crippen LogP contribution is -2.05. The summed E-state index contributed by atoms with van der Waals surface area (Å²) >= 11 is 6.35. The summed E-state index contributed by atoms with van der Waals surface area (Å²) in [6, 6.07) is 11.3. The zero-order chi connectivity index (χ0) is 17.1. The van der Waals surface area contributed by atoms with E-state index in [1.165, 1.54) is 0 Å². The van der Waals surface area contributed by atoms with Crippen LogP contribution in [0.3, 0.4) is 0 Å². The van der Waals surface area contributed by atoms with Crippen molar-refractivity contribution in [3.05, 3.63) is 59.5 Å². The van der Waals surface area contributed by atoms with E-state index in [4.69, 9.17) is 21.4 Å². The van der Waals surface area contributed by atoms with Gasteiger partial charge in [-0.3, -0.25) is 9.78 Å². The van der Waals surface area contributed by atoms with Crippen LogP contribution in [0.5, 0.6) is 5.75 Å². The average molecular weight is 345 g/mol. The molecule has 0 amide bonds. The van der Waals surface area contributed by atoms with E-state index in [1.54, 1.807) is 12.3 Å². The first-order valence-corrected chi connectivity index (χ1v) is 8.00. The normalized spacial score (nSPS) is 12.2. The van der Waals surface area contributed by atoms with Gasteiger partial charge in [0.05, 0.1) is 17.1 Å². The van der Waals surface area contributed by atoms with Gasteiger partial charge in [0.15, 0.2) is 0 Å². The lowest BCUT2D eigenvalue weighted by Gasteiger charge is -2.15. The number of benzene rings is 1. The molecule has 1 aromatic carbocycles. The lowest BCUT2D eigenvalue weighted by molar-refractivity contribution is -0.137. The summed E-state index contributed by atoms with van der Waals surface area (Å²) in [6.07, 6.45) is 3.42. The molecule has 0 spiro atoms. The van der Waals surface area contributed by atoms with Gasteiger partial charge in [-0.05, 0) is 37.3 Å². The Hall–Kier alpha value is -2.53. The van der Waals surface area contributed by atoms with E-state index in [2.05, 4.69) is 4.98 Å². The number of hydrogen-bond donors (Lipinski definition) is 1. The van der Waals surface area contributed by atoms with E-state index in [0.29, 0.717) is 17.3 Å². The van der Waals surface area contributed by atoms with E-state index in [1.807, 2.05) is 48.0 Å². The predicted octanol–water partition coefficient (Wildman–Crippen LogP) is 4.30. The van der Waals surface area contributed by atoms with E-state index >= 15 is 0 Å². The minimum absolute atomic E-state index is 0.0658.